The van der Waals surface area contributed by atoms with Crippen LogP contribution in [0.3, 0.4) is 0 Å². The van der Waals surface area contributed by atoms with E-state index in [9.17, 15) is 26.4 Å². The predicted molar refractivity (Wildman–Crippen MR) is 114 cm³/mol. The van der Waals surface area contributed by atoms with Gasteiger partial charge in [-0.25, -0.2) is 8.42 Å². The van der Waals surface area contributed by atoms with Crippen LogP contribution in [0.1, 0.15) is 45.6 Å². The smallest absolute Gasteiger partial charge is 0.352 e. The Bertz CT molecular complexity index is 917. The monoisotopic (exact) mass is 477 g/mol. The van der Waals surface area contributed by atoms with Gasteiger partial charge in [0.1, 0.15) is 0 Å². The van der Waals surface area contributed by atoms with Crippen LogP contribution in [0.15, 0.2) is 40.9 Å². The lowest BCUT2D eigenvalue weighted by atomic mass is 10.0. The predicted octanol–water partition coefficient (Wildman–Crippen LogP) is 3.45. The second-order valence-corrected chi connectivity index (χ2v) is 10.1. The molecule has 0 bridgehead atoms. The highest BCUT2D eigenvalue weighted by atomic mass is 32.2. The normalized spacial score (nSPS) is 16.5. The molecule has 7 nitrogen and oxygen atoms in total. The van der Waals surface area contributed by atoms with Crippen LogP contribution < -0.4 is 10.8 Å². The Hall–Kier alpha value is -2.11. The van der Waals surface area contributed by atoms with E-state index in [4.69, 9.17) is 4.84 Å². The summed E-state index contributed by atoms with van der Waals surface area (Å²) < 4.78 is 65.2. The van der Waals surface area contributed by atoms with E-state index in [0.717, 1.165) is 35.3 Å². The van der Waals surface area contributed by atoms with Crippen molar-refractivity contribution >= 4 is 15.9 Å². The maximum Gasteiger partial charge on any atom is 0.416 e. The Morgan fingerprint density at radius 3 is 2.53 bits per heavy atom. The number of hydrogen-bond acceptors (Lipinski definition) is 5. The van der Waals surface area contributed by atoms with Gasteiger partial charge in [0.05, 0.1) is 10.5 Å². The molecule has 0 aromatic heterocycles. The zero-order chi connectivity index (χ0) is 23.9. The summed E-state index contributed by atoms with van der Waals surface area (Å²) >= 11 is 0. The quantitative estimate of drug-likeness (QED) is 0.504. The number of carbonyl (C=O) groups excluding carboxylic acids is 1. The molecule has 0 radical (unpaired) electrons. The van der Waals surface area contributed by atoms with Gasteiger partial charge in [-0.05, 0) is 50.0 Å². The van der Waals surface area contributed by atoms with E-state index in [1.165, 1.54) is 0 Å². The first-order valence-electron chi connectivity index (χ1n) is 10.4. The first-order valence-corrected chi connectivity index (χ1v) is 11.9. The van der Waals surface area contributed by atoms with Crippen molar-refractivity contribution in [2.45, 2.75) is 57.1 Å². The number of nitrogens with zero attached hydrogens (tertiary/aromatic N) is 1. The molecule has 1 aliphatic rings. The largest absolute Gasteiger partial charge is 0.416 e. The van der Waals surface area contributed by atoms with E-state index in [2.05, 4.69) is 24.6 Å². The Morgan fingerprint density at radius 2 is 1.94 bits per heavy atom. The number of carbonyl (C=O) groups is 1. The number of hydrogen-bond donors (Lipinski definition) is 2. The van der Waals surface area contributed by atoms with Crippen molar-refractivity contribution in [3.05, 3.63) is 41.6 Å². The van der Waals surface area contributed by atoms with E-state index in [0.29, 0.717) is 17.7 Å². The SMILES string of the molecule is CC(C)CCC(C)NC(=O)CONC1=CCN(S(=O)(=O)c2cccc(C(F)(F)F)c2)CC1. The maximum atomic E-state index is 12.9. The summed E-state index contributed by atoms with van der Waals surface area (Å²) in [5.41, 5.74) is 2.23. The van der Waals surface area contributed by atoms with Crippen LogP contribution in [0.4, 0.5) is 13.2 Å². The van der Waals surface area contributed by atoms with Crippen LogP contribution >= 0.6 is 0 Å². The van der Waals surface area contributed by atoms with E-state index < -0.39 is 26.7 Å². The van der Waals surface area contributed by atoms with Gasteiger partial charge in [-0.1, -0.05) is 19.9 Å². The molecular weight excluding hydrogens is 447 g/mol. The summed E-state index contributed by atoms with van der Waals surface area (Å²) in [6.07, 6.45) is -0.909. The van der Waals surface area contributed by atoms with Gasteiger partial charge in [0.2, 0.25) is 15.9 Å². The van der Waals surface area contributed by atoms with E-state index in [-0.39, 0.29) is 38.1 Å². The van der Waals surface area contributed by atoms with Crippen LogP contribution in [0.25, 0.3) is 0 Å². The molecule has 11 heteroatoms. The second-order valence-electron chi connectivity index (χ2n) is 8.20. The van der Waals surface area contributed by atoms with Crippen LogP contribution in [0, 0.1) is 5.92 Å². The number of alkyl halides is 3. The summed E-state index contributed by atoms with van der Waals surface area (Å²) in [5, 5.41) is 2.84. The molecule has 32 heavy (non-hydrogen) atoms. The highest BCUT2D eigenvalue weighted by Crippen LogP contribution is 2.31. The lowest BCUT2D eigenvalue weighted by Crippen LogP contribution is -2.39. The number of halogens is 3. The highest BCUT2D eigenvalue weighted by molar-refractivity contribution is 7.89. The average molecular weight is 478 g/mol. The number of nitrogens with one attached hydrogen (secondary N) is 2. The van der Waals surface area contributed by atoms with Crippen molar-refractivity contribution in [3.63, 3.8) is 0 Å². The molecule has 1 aliphatic heterocycles. The molecular formula is C21H30F3N3O4S. The molecule has 180 valence electrons. The molecule has 0 saturated carbocycles. The lowest BCUT2D eigenvalue weighted by molar-refractivity contribution is -0.137. The van der Waals surface area contributed by atoms with Gasteiger partial charge in [-0.15, -0.1) is 0 Å². The number of amides is 1. The molecule has 1 amide bonds. The Labute approximate surface area is 187 Å². The van der Waals surface area contributed by atoms with Crippen molar-refractivity contribution in [2.24, 2.45) is 5.92 Å². The molecule has 1 aromatic rings. The molecule has 1 heterocycles. The standard InChI is InChI=1S/C21H30F3N3O4S/c1-15(2)7-8-16(3)25-20(28)14-31-26-18-9-11-27(12-10-18)32(29,30)19-6-4-5-17(13-19)21(22,23)24/h4-6,9,13,15-16,26H,7-8,10-12,14H2,1-3H3,(H,25,28). The number of sulfonamides is 1. The second kappa shape index (κ2) is 11.2. The molecule has 0 saturated heterocycles. The van der Waals surface area contributed by atoms with Crippen molar-refractivity contribution in [1.29, 1.82) is 0 Å². The molecule has 1 aromatic carbocycles. The third-order valence-corrected chi connectivity index (χ3v) is 6.82. The minimum Gasteiger partial charge on any atom is -0.352 e. The van der Waals surface area contributed by atoms with Crippen molar-refractivity contribution in [2.75, 3.05) is 19.7 Å². The van der Waals surface area contributed by atoms with E-state index in [1.54, 1.807) is 6.08 Å². The molecule has 0 fully saturated rings. The number of rotatable bonds is 10. The molecule has 0 aliphatic carbocycles. The topological polar surface area (TPSA) is 87.7 Å². The van der Waals surface area contributed by atoms with Gasteiger partial charge in [0, 0.05) is 31.2 Å². The summed E-state index contributed by atoms with van der Waals surface area (Å²) in [6, 6.07) is 3.72. The molecule has 0 spiro atoms. The summed E-state index contributed by atoms with van der Waals surface area (Å²) in [5.74, 6) is 0.293. The molecule has 2 rings (SSSR count). The van der Waals surface area contributed by atoms with Crippen LogP contribution in [0.5, 0.6) is 0 Å². The fraction of sp³-hybridized carbons (Fsp3) is 0.571. The molecule has 1 atom stereocenters. The van der Waals surface area contributed by atoms with Crippen LogP contribution in [-0.4, -0.2) is 44.4 Å². The Balaban J connectivity index is 1.84. The average Bonchev–Trinajstić information content (AvgIpc) is 2.72. The summed E-state index contributed by atoms with van der Waals surface area (Å²) in [7, 11) is -4.07. The summed E-state index contributed by atoms with van der Waals surface area (Å²) in [6.45, 7) is 6.01. The highest BCUT2D eigenvalue weighted by Gasteiger charge is 2.33. The first kappa shape index (κ1) is 26.1. The third-order valence-electron chi connectivity index (χ3n) is 4.96. The number of benzene rings is 1. The van der Waals surface area contributed by atoms with Crippen molar-refractivity contribution in [1.82, 2.24) is 15.1 Å². The minimum atomic E-state index is -4.62. The zero-order valence-electron chi connectivity index (χ0n) is 18.4. The van der Waals surface area contributed by atoms with Gasteiger partial charge < -0.3 is 5.32 Å². The zero-order valence-corrected chi connectivity index (χ0v) is 19.2. The molecule has 2 N–H and O–H groups in total. The van der Waals surface area contributed by atoms with Gasteiger partial charge in [-0.2, -0.15) is 17.5 Å². The van der Waals surface area contributed by atoms with Crippen LogP contribution in [-0.2, 0) is 25.8 Å². The third kappa shape index (κ3) is 7.79. The Morgan fingerprint density at radius 1 is 1.22 bits per heavy atom. The van der Waals surface area contributed by atoms with Gasteiger partial charge in [0.15, 0.2) is 6.61 Å². The first-order chi connectivity index (χ1) is 14.9. The minimum absolute atomic E-state index is 0.0251. The van der Waals surface area contributed by atoms with E-state index in [1.807, 2.05) is 6.92 Å². The number of hydroxylamine groups is 1. The van der Waals surface area contributed by atoms with Gasteiger partial charge >= 0.3 is 6.18 Å². The lowest BCUT2D eigenvalue weighted by Gasteiger charge is -2.26. The van der Waals surface area contributed by atoms with Gasteiger partial charge in [-0.3, -0.25) is 15.1 Å². The maximum absolute atomic E-state index is 12.9. The molecule has 1 unspecified atom stereocenters. The van der Waals surface area contributed by atoms with Gasteiger partial charge in [0.25, 0.3) is 0 Å². The van der Waals surface area contributed by atoms with Crippen LogP contribution in [0.2, 0.25) is 0 Å². The summed E-state index contributed by atoms with van der Waals surface area (Å²) in [4.78, 5) is 16.7. The van der Waals surface area contributed by atoms with E-state index >= 15 is 0 Å². The Kier molecular flexibility index (Phi) is 9.11. The fourth-order valence-electron chi connectivity index (χ4n) is 3.11. The van der Waals surface area contributed by atoms with Crippen molar-refractivity contribution < 1.29 is 31.2 Å². The van der Waals surface area contributed by atoms with Crippen molar-refractivity contribution in [3.8, 4) is 0 Å². The fourth-order valence-corrected chi connectivity index (χ4v) is 4.54.